The number of anilines is 1. The number of oxime groups is 1. The summed E-state index contributed by atoms with van der Waals surface area (Å²) in [6.07, 6.45) is 1.00. The van der Waals surface area contributed by atoms with E-state index in [1.54, 1.807) is 0 Å². The Morgan fingerprint density at radius 3 is 2.89 bits per heavy atom. The van der Waals surface area contributed by atoms with Crippen molar-refractivity contribution in [3.05, 3.63) is 28.2 Å². The fraction of sp³-hybridized carbons (Fsp3) is 0.417. The predicted octanol–water partition coefficient (Wildman–Crippen LogP) is 1.36. The average Bonchev–Trinajstić information content (AvgIpc) is 2.86. The lowest BCUT2D eigenvalue weighted by molar-refractivity contribution is 0.238. The first-order valence-electron chi connectivity index (χ1n) is 5.79. The third kappa shape index (κ3) is 2.59. The van der Waals surface area contributed by atoms with Crippen LogP contribution < -0.4 is 10.6 Å². The van der Waals surface area contributed by atoms with Crippen LogP contribution in [-0.4, -0.2) is 35.8 Å². The van der Waals surface area contributed by atoms with Gasteiger partial charge in [0.1, 0.15) is 0 Å². The second kappa shape index (κ2) is 5.58. The first kappa shape index (κ1) is 13.2. The van der Waals surface area contributed by atoms with Crippen molar-refractivity contribution < 1.29 is 10.3 Å². The molecular weight excluding hydrogens is 298 g/mol. The van der Waals surface area contributed by atoms with Crippen molar-refractivity contribution in [2.24, 2.45) is 16.8 Å². The highest BCUT2D eigenvalue weighted by atomic mass is 79.9. The van der Waals surface area contributed by atoms with E-state index < -0.39 is 0 Å². The average molecular weight is 314 g/mol. The predicted molar refractivity (Wildman–Crippen MR) is 74.1 cm³/mol. The first-order valence-corrected chi connectivity index (χ1v) is 6.58. The lowest BCUT2D eigenvalue weighted by atomic mass is 10.1. The topological polar surface area (TPSA) is 82.1 Å². The second-order valence-corrected chi connectivity index (χ2v) is 5.29. The zero-order valence-corrected chi connectivity index (χ0v) is 11.5. The van der Waals surface area contributed by atoms with E-state index in [4.69, 9.17) is 16.0 Å². The van der Waals surface area contributed by atoms with Crippen molar-refractivity contribution in [2.75, 3.05) is 24.6 Å². The van der Waals surface area contributed by atoms with Crippen LogP contribution in [0, 0.1) is 5.92 Å². The monoisotopic (exact) mass is 313 g/mol. The molecule has 18 heavy (non-hydrogen) atoms. The molecule has 1 heterocycles. The van der Waals surface area contributed by atoms with Crippen LogP contribution in [0.25, 0.3) is 0 Å². The van der Waals surface area contributed by atoms with Gasteiger partial charge in [-0.25, -0.2) is 0 Å². The van der Waals surface area contributed by atoms with E-state index in [1.807, 2.05) is 18.2 Å². The van der Waals surface area contributed by atoms with Crippen molar-refractivity contribution in [3.8, 4) is 0 Å². The van der Waals surface area contributed by atoms with E-state index in [9.17, 15) is 0 Å². The van der Waals surface area contributed by atoms with Crippen molar-refractivity contribution in [1.82, 2.24) is 0 Å². The molecule has 4 N–H and O–H groups in total. The van der Waals surface area contributed by atoms with Gasteiger partial charge in [0, 0.05) is 35.7 Å². The summed E-state index contributed by atoms with van der Waals surface area (Å²) >= 11 is 3.50. The summed E-state index contributed by atoms with van der Waals surface area (Å²) in [6.45, 7) is 2.03. The molecule has 1 aromatic carbocycles. The number of aliphatic hydroxyl groups excluding tert-OH is 1. The van der Waals surface area contributed by atoms with Crippen LogP contribution >= 0.6 is 15.9 Å². The van der Waals surface area contributed by atoms with Gasteiger partial charge in [-0.2, -0.15) is 0 Å². The Morgan fingerprint density at radius 2 is 2.33 bits per heavy atom. The van der Waals surface area contributed by atoms with Crippen LogP contribution in [0.4, 0.5) is 5.69 Å². The van der Waals surface area contributed by atoms with Crippen molar-refractivity contribution >= 4 is 27.5 Å². The minimum Gasteiger partial charge on any atom is -0.409 e. The Bertz CT molecular complexity index is 465. The molecule has 6 heteroatoms. The molecule has 98 valence electrons. The number of benzene rings is 1. The Balaban J connectivity index is 2.20. The van der Waals surface area contributed by atoms with Gasteiger partial charge in [-0.1, -0.05) is 5.16 Å². The summed E-state index contributed by atoms with van der Waals surface area (Å²) in [5, 5.41) is 20.8. The number of amidine groups is 1. The molecule has 1 aliphatic rings. The van der Waals surface area contributed by atoms with E-state index in [2.05, 4.69) is 26.0 Å². The van der Waals surface area contributed by atoms with E-state index in [-0.39, 0.29) is 12.4 Å². The van der Waals surface area contributed by atoms with Gasteiger partial charge in [-0.05, 0) is 40.5 Å². The van der Waals surface area contributed by atoms with E-state index >= 15 is 0 Å². The molecular formula is C12H16BrN3O2. The highest BCUT2D eigenvalue weighted by Gasteiger charge is 2.23. The SMILES string of the molecule is N/C(=N/O)c1ccc(N2CCC(CO)C2)c(Br)c1. The quantitative estimate of drug-likeness (QED) is 0.340. The zero-order chi connectivity index (χ0) is 13.1. The van der Waals surface area contributed by atoms with Crippen molar-refractivity contribution in [1.29, 1.82) is 0 Å². The van der Waals surface area contributed by atoms with Crippen LogP contribution in [0.2, 0.25) is 0 Å². The van der Waals surface area contributed by atoms with Gasteiger partial charge in [0.05, 0.1) is 5.69 Å². The van der Waals surface area contributed by atoms with Crippen LogP contribution in [-0.2, 0) is 0 Å². The molecule has 1 atom stereocenters. The van der Waals surface area contributed by atoms with Gasteiger partial charge in [0.15, 0.2) is 5.84 Å². The van der Waals surface area contributed by atoms with Crippen molar-refractivity contribution in [2.45, 2.75) is 6.42 Å². The van der Waals surface area contributed by atoms with Gasteiger partial charge in [-0.3, -0.25) is 0 Å². The highest BCUT2D eigenvalue weighted by molar-refractivity contribution is 9.10. The fourth-order valence-electron chi connectivity index (χ4n) is 2.18. The molecule has 0 aromatic heterocycles. The largest absolute Gasteiger partial charge is 0.409 e. The molecule has 1 fully saturated rings. The molecule has 1 aliphatic heterocycles. The number of nitrogens with zero attached hydrogens (tertiary/aromatic N) is 2. The molecule has 0 radical (unpaired) electrons. The van der Waals surface area contributed by atoms with Gasteiger partial charge in [0.25, 0.3) is 0 Å². The summed E-state index contributed by atoms with van der Waals surface area (Å²) in [5.41, 5.74) is 7.28. The highest BCUT2D eigenvalue weighted by Crippen LogP contribution is 2.31. The van der Waals surface area contributed by atoms with E-state index in [0.717, 1.165) is 29.7 Å². The normalized spacial score (nSPS) is 20.4. The van der Waals surface area contributed by atoms with E-state index in [0.29, 0.717) is 11.5 Å². The number of rotatable bonds is 3. The molecule has 5 nitrogen and oxygen atoms in total. The summed E-state index contributed by atoms with van der Waals surface area (Å²) in [6, 6.07) is 5.59. The Kier molecular flexibility index (Phi) is 4.08. The van der Waals surface area contributed by atoms with Gasteiger partial charge in [-0.15, -0.1) is 0 Å². The summed E-state index contributed by atoms with van der Waals surface area (Å²) in [4.78, 5) is 2.22. The number of halogens is 1. The third-order valence-electron chi connectivity index (χ3n) is 3.24. The molecule has 1 saturated heterocycles. The lowest BCUT2D eigenvalue weighted by Gasteiger charge is -2.20. The maximum absolute atomic E-state index is 9.15. The lowest BCUT2D eigenvalue weighted by Crippen LogP contribution is -2.21. The van der Waals surface area contributed by atoms with Gasteiger partial charge < -0.3 is 20.9 Å². The molecule has 0 aliphatic carbocycles. The first-order chi connectivity index (χ1) is 8.65. The minimum atomic E-state index is 0.0944. The Hall–Kier alpha value is -1.27. The van der Waals surface area contributed by atoms with Gasteiger partial charge >= 0.3 is 0 Å². The molecule has 0 spiro atoms. The zero-order valence-electron chi connectivity index (χ0n) is 9.88. The molecule has 0 saturated carbocycles. The number of hydrogen-bond donors (Lipinski definition) is 3. The van der Waals surface area contributed by atoms with Crippen LogP contribution in [0.1, 0.15) is 12.0 Å². The Labute approximate surface area is 114 Å². The smallest absolute Gasteiger partial charge is 0.170 e. The number of nitrogens with two attached hydrogens (primary N) is 1. The summed E-state index contributed by atoms with van der Waals surface area (Å²) in [7, 11) is 0. The summed E-state index contributed by atoms with van der Waals surface area (Å²) in [5.74, 6) is 0.442. The standard InChI is InChI=1S/C12H16BrN3O2/c13-10-5-9(12(14)15-18)1-2-11(10)16-4-3-8(6-16)7-17/h1-2,5,8,17-18H,3-4,6-7H2,(H2,14,15). The molecule has 1 aromatic rings. The maximum Gasteiger partial charge on any atom is 0.170 e. The fourth-order valence-corrected chi connectivity index (χ4v) is 2.81. The third-order valence-corrected chi connectivity index (χ3v) is 3.87. The van der Waals surface area contributed by atoms with E-state index in [1.165, 1.54) is 0 Å². The number of aliphatic hydroxyl groups is 1. The maximum atomic E-state index is 9.15. The molecule has 2 rings (SSSR count). The molecule has 0 bridgehead atoms. The molecule has 0 amide bonds. The van der Waals surface area contributed by atoms with Gasteiger partial charge in [0.2, 0.25) is 0 Å². The summed E-state index contributed by atoms with van der Waals surface area (Å²) < 4.78 is 0.908. The van der Waals surface area contributed by atoms with Crippen LogP contribution in [0.5, 0.6) is 0 Å². The van der Waals surface area contributed by atoms with Crippen LogP contribution in [0.3, 0.4) is 0 Å². The second-order valence-electron chi connectivity index (χ2n) is 4.43. The molecule has 1 unspecified atom stereocenters. The number of hydrogen-bond acceptors (Lipinski definition) is 4. The van der Waals surface area contributed by atoms with Crippen molar-refractivity contribution in [3.63, 3.8) is 0 Å². The minimum absolute atomic E-state index is 0.0944. The Morgan fingerprint density at radius 1 is 1.56 bits per heavy atom. The van der Waals surface area contributed by atoms with Crippen LogP contribution in [0.15, 0.2) is 27.8 Å².